The number of phenols is 1. The number of rotatable bonds is 5. The summed E-state index contributed by atoms with van der Waals surface area (Å²) in [4.78, 5) is 14.0. The van der Waals surface area contributed by atoms with Crippen LogP contribution in [0.4, 0.5) is 0 Å². The number of nitrogens with two attached hydrogens (primary N) is 1. The number of hydrogen-bond acceptors (Lipinski definition) is 3. The summed E-state index contributed by atoms with van der Waals surface area (Å²) in [6.07, 6.45) is 0. The molecule has 0 aromatic heterocycles. The van der Waals surface area contributed by atoms with E-state index in [1.165, 1.54) is 0 Å². The van der Waals surface area contributed by atoms with Crippen molar-refractivity contribution in [2.45, 2.75) is 26.8 Å². The Bertz CT molecular complexity index is 407. The fourth-order valence-electron chi connectivity index (χ4n) is 1.97. The molecule has 1 amide bonds. The van der Waals surface area contributed by atoms with Crippen molar-refractivity contribution in [3.63, 3.8) is 0 Å². The molecule has 0 saturated heterocycles. The molecule has 4 heteroatoms. The quantitative estimate of drug-likeness (QED) is 0.838. The Kier molecular flexibility index (Phi) is 5.16. The summed E-state index contributed by atoms with van der Waals surface area (Å²) in [6.45, 7) is 6.71. The third-order valence-corrected chi connectivity index (χ3v) is 3.22. The lowest BCUT2D eigenvalue weighted by atomic mass is 10.0. The Balaban J connectivity index is 2.92. The van der Waals surface area contributed by atoms with Crippen LogP contribution in [-0.2, 0) is 4.79 Å². The minimum atomic E-state index is -0.176. The van der Waals surface area contributed by atoms with Crippen LogP contribution in [0.2, 0.25) is 0 Å². The smallest absolute Gasteiger partial charge is 0.227 e. The van der Waals surface area contributed by atoms with Crippen LogP contribution < -0.4 is 5.73 Å². The second-order valence-corrected chi connectivity index (χ2v) is 4.53. The monoisotopic (exact) mass is 250 g/mol. The molecule has 0 saturated carbocycles. The van der Waals surface area contributed by atoms with Crippen LogP contribution in [0.15, 0.2) is 24.3 Å². The summed E-state index contributed by atoms with van der Waals surface area (Å²) in [7, 11) is 0. The molecule has 2 atom stereocenters. The molecule has 0 aliphatic carbocycles. The van der Waals surface area contributed by atoms with E-state index < -0.39 is 0 Å². The van der Waals surface area contributed by atoms with E-state index >= 15 is 0 Å². The van der Waals surface area contributed by atoms with E-state index in [4.69, 9.17) is 5.73 Å². The highest BCUT2D eigenvalue weighted by atomic mass is 16.3. The van der Waals surface area contributed by atoms with Gasteiger partial charge in [-0.3, -0.25) is 4.79 Å². The zero-order valence-corrected chi connectivity index (χ0v) is 11.3. The molecule has 3 N–H and O–H groups in total. The van der Waals surface area contributed by atoms with E-state index in [0.29, 0.717) is 13.1 Å². The molecule has 0 fully saturated rings. The van der Waals surface area contributed by atoms with Gasteiger partial charge >= 0.3 is 0 Å². The first-order chi connectivity index (χ1) is 8.51. The van der Waals surface area contributed by atoms with Crippen molar-refractivity contribution in [1.29, 1.82) is 0 Å². The number of carbonyl (C=O) groups excluding carboxylic acids is 1. The Morgan fingerprint density at radius 3 is 2.61 bits per heavy atom. The van der Waals surface area contributed by atoms with E-state index in [1.807, 2.05) is 26.8 Å². The molecule has 0 heterocycles. The second kappa shape index (κ2) is 6.40. The van der Waals surface area contributed by atoms with Gasteiger partial charge in [-0.2, -0.15) is 0 Å². The third kappa shape index (κ3) is 3.23. The van der Waals surface area contributed by atoms with Crippen molar-refractivity contribution in [1.82, 2.24) is 4.90 Å². The van der Waals surface area contributed by atoms with E-state index in [1.54, 1.807) is 23.1 Å². The average Bonchev–Trinajstić information content (AvgIpc) is 2.38. The number of hydrogen-bond donors (Lipinski definition) is 2. The zero-order chi connectivity index (χ0) is 13.7. The van der Waals surface area contributed by atoms with Gasteiger partial charge in [0.25, 0.3) is 0 Å². The maximum absolute atomic E-state index is 12.2. The average molecular weight is 250 g/mol. The lowest BCUT2D eigenvalue weighted by molar-refractivity contribution is -0.136. The number of nitrogens with zero attached hydrogens (tertiary/aromatic N) is 1. The maximum atomic E-state index is 12.2. The normalized spacial score (nSPS) is 14.0. The minimum absolute atomic E-state index is 0.0517. The number of carbonyl (C=O) groups is 1. The summed E-state index contributed by atoms with van der Waals surface area (Å²) in [6, 6.07) is 6.94. The number of amides is 1. The maximum Gasteiger partial charge on any atom is 0.227 e. The van der Waals surface area contributed by atoms with Crippen LogP contribution in [-0.4, -0.2) is 29.0 Å². The molecule has 0 radical (unpaired) electrons. The Hall–Kier alpha value is -1.55. The first-order valence-corrected chi connectivity index (χ1v) is 6.30. The summed E-state index contributed by atoms with van der Waals surface area (Å²) in [5.41, 5.74) is 6.47. The van der Waals surface area contributed by atoms with Gasteiger partial charge in [0, 0.05) is 19.0 Å². The molecule has 0 aliphatic rings. The summed E-state index contributed by atoms with van der Waals surface area (Å²) in [5, 5.41) is 9.49. The molecule has 0 spiro atoms. The predicted octanol–water partition coefficient (Wildman–Crippen LogP) is 1.90. The highest BCUT2D eigenvalue weighted by Crippen LogP contribution is 2.24. The number of benzene rings is 1. The molecule has 1 rings (SSSR count). The SMILES string of the molecule is CCN(C(=O)C(C)CN)C(C)c1cccc(O)c1. The van der Waals surface area contributed by atoms with Crippen LogP contribution in [0.5, 0.6) is 5.75 Å². The van der Waals surface area contributed by atoms with Gasteiger partial charge in [-0.05, 0) is 31.5 Å². The number of aromatic hydroxyl groups is 1. The van der Waals surface area contributed by atoms with Crippen LogP contribution >= 0.6 is 0 Å². The van der Waals surface area contributed by atoms with Gasteiger partial charge < -0.3 is 15.7 Å². The van der Waals surface area contributed by atoms with Crippen molar-refractivity contribution in [2.24, 2.45) is 11.7 Å². The van der Waals surface area contributed by atoms with Gasteiger partial charge in [-0.15, -0.1) is 0 Å². The first-order valence-electron chi connectivity index (χ1n) is 6.30. The topological polar surface area (TPSA) is 66.6 Å². The van der Waals surface area contributed by atoms with Crippen molar-refractivity contribution in [3.05, 3.63) is 29.8 Å². The van der Waals surface area contributed by atoms with E-state index in [-0.39, 0.29) is 23.6 Å². The second-order valence-electron chi connectivity index (χ2n) is 4.53. The van der Waals surface area contributed by atoms with Crippen LogP contribution in [0, 0.1) is 5.92 Å². The van der Waals surface area contributed by atoms with E-state index in [0.717, 1.165) is 5.56 Å². The Morgan fingerprint density at radius 1 is 1.44 bits per heavy atom. The molecule has 4 nitrogen and oxygen atoms in total. The molecule has 18 heavy (non-hydrogen) atoms. The summed E-state index contributed by atoms with van der Waals surface area (Å²) >= 11 is 0. The van der Waals surface area contributed by atoms with Gasteiger partial charge in [0.15, 0.2) is 0 Å². The fourth-order valence-corrected chi connectivity index (χ4v) is 1.97. The Labute approximate surface area is 108 Å². The molecule has 1 aromatic rings. The van der Waals surface area contributed by atoms with Crippen molar-refractivity contribution < 1.29 is 9.90 Å². The molecule has 1 aromatic carbocycles. The van der Waals surface area contributed by atoms with Gasteiger partial charge in [-0.1, -0.05) is 19.1 Å². The molecular weight excluding hydrogens is 228 g/mol. The fraction of sp³-hybridized carbons (Fsp3) is 0.500. The number of phenolic OH excluding ortho intramolecular Hbond substituents is 1. The van der Waals surface area contributed by atoms with Crippen LogP contribution in [0.1, 0.15) is 32.4 Å². The molecular formula is C14H22N2O2. The lowest BCUT2D eigenvalue weighted by Gasteiger charge is -2.30. The van der Waals surface area contributed by atoms with E-state index in [9.17, 15) is 9.90 Å². The standard InChI is InChI=1S/C14H22N2O2/c1-4-16(14(18)10(2)9-15)11(3)12-6-5-7-13(17)8-12/h5-8,10-11,17H,4,9,15H2,1-3H3. The van der Waals surface area contributed by atoms with Crippen molar-refractivity contribution in [2.75, 3.05) is 13.1 Å². The van der Waals surface area contributed by atoms with E-state index in [2.05, 4.69) is 0 Å². The molecule has 2 unspecified atom stereocenters. The van der Waals surface area contributed by atoms with Gasteiger partial charge in [0.2, 0.25) is 5.91 Å². The zero-order valence-electron chi connectivity index (χ0n) is 11.3. The van der Waals surface area contributed by atoms with Gasteiger partial charge in [0.05, 0.1) is 6.04 Å². The minimum Gasteiger partial charge on any atom is -0.508 e. The summed E-state index contributed by atoms with van der Waals surface area (Å²) < 4.78 is 0. The molecule has 0 aliphatic heterocycles. The van der Waals surface area contributed by atoms with Crippen molar-refractivity contribution >= 4 is 5.91 Å². The van der Waals surface area contributed by atoms with Crippen LogP contribution in [0.3, 0.4) is 0 Å². The first kappa shape index (κ1) is 14.5. The van der Waals surface area contributed by atoms with Crippen molar-refractivity contribution in [3.8, 4) is 5.75 Å². The van der Waals surface area contributed by atoms with Crippen LogP contribution in [0.25, 0.3) is 0 Å². The Morgan fingerprint density at radius 2 is 2.11 bits per heavy atom. The largest absolute Gasteiger partial charge is 0.508 e. The molecule has 100 valence electrons. The summed E-state index contributed by atoms with van der Waals surface area (Å²) in [5.74, 6) is 0.0928. The highest BCUT2D eigenvalue weighted by molar-refractivity contribution is 5.79. The third-order valence-electron chi connectivity index (χ3n) is 3.22. The lowest BCUT2D eigenvalue weighted by Crippen LogP contribution is -2.39. The highest BCUT2D eigenvalue weighted by Gasteiger charge is 2.23. The van der Waals surface area contributed by atoms with Gasteiger partial charge in [-0.25, -0.2) is 0 Å². The molecule has 0 bridgehead atoms. The van der Waals surface area contributed by atoms with Gasteiger partial charge in [0.1, 0.15) is 5.75 Å². The predicted molar refractivity (Wildman–Crippen MR) is 72.1 cm³/mol.